The third-order valence-corrected chi connectivity index (χ3v) is 2.33. The Labute approximate surface area is 81.0 Å². The summed E-state index contributed by atoms with van der Waals surface area (Å²) in [5.74, 6) is 0.807. The maximum absolute atomic E-state index is 4.39. The normalized spacial score (nSPS) is 11.2. The third kappa shape index (κ3) is 0.923. The van der Waals surface area contributed by atoms with E-state index in [1.54, 1.807) is 0 Å². The molecule has 1 aromatic carbocycles. The van der Waals surface area contributed by atoms with Crippen molar-refractivity contribution in [3.05, 3.63) is 42.4 Å². The van der Waals surface area contributed by atoms with Crippen molar-refractivity contribution >= 4 is 16.4 Å². The standard InChI is InChI=1S/C11H9N3/c1-8-12-11-10-5-3-2-4-9(10)6-7-14(11)13-8/h2-7H,1H3. The van der Waals surface area contributed by atoms with E-state index in [0.29, 0.717) is 0 Å². The molecule has 3 aromatic rings. The molecule has 0 atom stereocenters. The van der Waals surface area contributed by atoms with Crippen molar-refractivity contribution in [1.29, 1.82) is 0 Å². The minimum Gasteiger partial charge on any atom is -0.220 e. The first-order valence-electron chi connectivity index (χ1n) is 4.55. The van der Waals surface area contributed by atoms with Crippen molar-refractivity contribution in [3.63, 3.8) is 0 Å². The highest BCUT2D eigenvalue weighted by atomic mass is 15.3. The molecule has 0 fully saturated rings. The lowest BCUT2D eigenvalue weighted by atomic mass is 10.2. The predicted molar refractivity (Wildman–Crippen MR) is 55.2 cm³/mol. The minimum absolute atomic E-state index is 0.807. The Morgan fingerprint density at radius 3 is 2.93 bits per heavy atom. The number of pyridine rings is 1. The van der Waals surface area contributed by atoms with Gasteiger partial charge in [0.25, 0.3) is 0 Å². The lowest BCUT2D eigenvalue weighted by Crippen LogP contribution is -1.86. The van der Waals surface area contributed by atoms with Gasteiger partial charge in [-0.1, -0.05) is 24.3 Å². The Bertz CT molecular complexity index is 610. The molecule has 0 saturated carbocycles. The summed E-state index contributed by atoms with van der Waals surface area (Å²) in [5, 5.41) is 6.62. The first kappa shape index (κ1) is 7.50. The molecule has 0 aliphatic rings. The Morgan fingerprint density at radius 1 is 1.14 bits per heavy atom. The minimum atomic E-state index is 0.807. The van der Waals surface area contributed by atoms with Crippen LogP contribution in [0.3, 0.4) is 0 Å². The molecular formula is C11H9N3. The summed E-state index contributed by atoms with van der Waals surface area (Å²) in [5.41, 5.74) is 0.931. The summed E-state index contributed by atoms with van der Waals surface area (Å²) in [6.45, 7) is 1.90. The largest absolute Gasteiger partial charge is 0.220 e. The Hall–Kier alpha value is -1.90. The topological polar surface area (TPSA) is 30.2 Å². The van der Waals surface area contributed by atoms with Crippen molar-refractivity contribution in [1.82, 2.24) is 14.6 Å². The van der Waals surface area contributed by atoms with Gasteiger partial charge in [-0.2, -0.15) is 5.10 Å². The number of nitrogens with zero attached hydrogens (tertiary/aromatic N) is 3. The van der Waals surface area contributed by atoms with Crippen molar-refractivity contribution < 1.29 is 0 Å². The van der Waals surface area contributed by atoms with Crippen molar-refractivity contribution in [2.75, 3.05) is 0 Å². The van der Waals surface area contributed by atoms with Gasteiger partial charge in [-0.15, -0.1) is 0 Å². The molecule has 0 aliphatic heterocycles. The highest BCUT2D eigenvalue weighted by molar-refractivity contribution is 5.93. The van der Waals surface area contributed by atoms with Crippen molar-refractivity contribution in [2.24, 2.45) is 0 Å². The summed E-state index contributed by atoms with van der Waals surface area (Å²) in [6, 6.07) is 10.3. The fourth-order valence-electron chi connectivity index (χ4n) is 1.71. The Morgan fingerprint density at radius 2 is 2.00 bits per heavy atom. The number of aromatic nitrogens is 3. The van der Waals surface area contributed by atoms with E-state index in [-0.39, 0.29) is 0 Å². The molecule has 3 nitrogen and oxygen atoms in total. The second-order valence-corrected chi connectivity index (χ2v) is 3.33. The highest BCUT2D eigenvalue weighted by Crippen LogP contribution is 2.17. The van der Waals surface area contributed by atoms with Crippen LogP contribution in [0.1, 0.15) is 5.82 Å². The second kappa shape index (κ2) is 2.54. The van der Waals surface area contributed by atoms with Gasteiger partial charge in [-0.25, -0.2) is 9.50 Å². The molecule has 0 amide bonds. The van der Waals surface area contributed by atoms with E-state index in [1.165, 1.54) is 5.39 Å². The lowest BCUT2D eigenvalue weighted by molar-refractivity contribution is 0.934. The van der Waals surface area contributed by atoms with Crippen LogP contribution >= 0.6 is 0 Å². The zero-order valence-electron chi connectivity index (χ0n) is 7.81. The number of hydrogen-bond donors (Lipinski definition) is 0. The molecule has 0 spiro atoms. The molecular weight excluding hydrogens is 174 g/mol. The molecule has 0 radical (unpaired) electrons. The van der Waals surface area contributed by atoms with E-state index in [1.807, 2.05) is 29.8 Å². The molecule has 3 rings (SSSR count). The highest BCUT2D eigenvalue weighted by Gasteiger charge is 2.02. The molecule has 0 N–H and O–H groups in total. The van der Waals surface area contributed by atoms with Crippen LogP contribution in [0.15, 0.2) is 36.5 Å². The first-order valence-corrected chi connectivity index (χ1v) is 4.55. The zero-order chi connectivity index (χ0) is 9.54. The summed E-state index contributed by atoms with van der Waals surface area (Å²) < 4.78 is 1.82. The quantitative estimate of drug-likeness (QED) is 0.534. The van der Waals surface area contributed by atoms with Crippen LogP contribution in [0, 0.1) is 6.92 Å². The average Bonchev–Trinajstić information content (AvgIpc) is 2.59. The summed E-state index contributed by atoms with van der Waals surface area (Å²) >= 11 is 0. The average molecular weight is 183 g/mol. The monoisotopic (exact) mass is 183 g/mol. The van der Waals surface area contributed by atoms with Gasteiger partial charge in [0.2, 0.25) is 0 Å². The van der Waals surface area contributed by atoms with E-state index >= 15 is 0 Å². The van der Waals surface area contributed by atoms with Gasteiger partial charge in [0.05, 0.1) is 0 Å². The fourth-order valence-corrected chi connectivity index (χ4v) is 1.71. The molecule has 3 heteroatoms. The van der Waals surface area contributed by atoms with Gasteiger partial charge in [-0.3, -0.25) is 0 Å². The van der Waals surface area contributed by atoms with E-state index in [4.69, 9.17) is 0 Å². The Kier molecular flexibility index (Phi) is 1.36. The van der Waals surface area contributed by atoms with Crippen LogP contribution in [0.4, 0.5) is 0 Å². The van der Waals surface area contributed by atoms with Gasteiger partial charge in [0.15, 0.2) is 5.65 Å². The molecule has 14 heavy (non-hydrogen) atoms. The zero-order valence-corrected chi connectivity index (χ0v) is 7.81. The fraction of sp³-hybridized carbons (Fsp3) is 0.0909. The first-order chi connectivity index (χ1) is 6.84. The van der Waals surface area contributed by atoms with E-state index < -0.39 is 0 Å². The summed E-state index contributed by atoms with van der Waals surface area (Å²) in [4.78, 5) is 4.39. The van der Waals surface area contributed by atoms with Crippen LogP contribution < -0.4 is 0 Å². The van der Waals surface area contributed by atoms with E-state index in [9.17, 15) is 0 Å². The molecule has 0 unspecified atom stereocenters. The summed E-state index contributed by atoms with van der Waals surface area (Å²) in [7, 11) is 0. The van der Waals surface area contributed by atoms with Gasteiger partial charge < -0.3 is 0 Å². The smallest absolute Gasteiger partial charge is 0.163 e. The van der Waals surface area contributed by atoms with Crippen LogP contribution in [0.2, 0.25) is 0 Å². The van der Waals surface area contributed by atoms with Crippen LogP contribution in [-0.4, -0.2) is 14.6 Å². The van der Waals surface area contributed by atoms with E-state index in [0.717, 1.165) is 16.9 Å². The molecule has 2 aromatic heterocycles. The number of hydrogen-bond acceptors (Lipinski definition) is 2. The molecule has 68 valence electrons. The number of fused-ring (bicyclic) bond motifs is 3. The van der Waals surface area contributed by atoms with Gasteiger partial charge in [-0.05, 0) is 18.4 Å². The summed E-state index contributed by atoms with van der Waals surface area (Å²) in [6.07, 6.45) is 1.94. The molecule has 2 heterocycles. The van der Waals surface area contributed by atoms with Gasteiger partial charge >= 0.3 is 0 Å². The number of benzene rings is 1. The predicted octanol–water partition coefficient (Wildman–Crippen LogP) is 2.19. The maximum Gasteiger partial charge on any atom is 0.163 e. The van der Waals surface area contributed by atoms with Crippen LogP contribution in [0.25, 0.3) is 16.4 Å². The molecule has 0 saturated heterocycles. The van der Waals surface area contributed by atoms with Crippen molar-refractivity contribution in [2.45, 2.75) is 6.92 Å². The van der Waals surface area contributed by atoms with Crippen LogP contribution in [0.5, 0.6) is 0 Å². The lowest BCUT2D eigenvalue weighted by Gasteiger charge is -1.97. The molecule has 0 bridgehead atoms. The van der Waals surface area contributed by atoms with Gasteiger partial charge in [0, 0.05) is 11.6 Å². The van der Waals surface area contributed by atoms with Gasteiger partial charge in [0.1, 0.15) is 5.82 Å². The Balaban J connectivity index is 2.60. The second-order valence-electron chi connectivity index (χ2n) is 3.33. The van der Waals surface area contributed by atoms with E-state index in [2.05, 4.69) is 28.3 Å². The van der Waals surface area contributed by atoms with Crippen molar-refractivity contribution in [3.8, 4) is 0 Å². The number of rotatable bonds is 0. The third-order valence-electron chi connectivity index (χ3n) is 2.33. The SMILES string of the molecule is Cc1nc2c3ccccc3ccn2n1. The number of aryl methyl sites for hydroxylation is 1. The molecule has 0 aliphatic carbocycles. The van der Waals surface area contributed by atoms with Crippen LogP contribution in [-0.2, 0) is 0 Å². The maximum atomic E-state index is 4.39.